The minimum Gasteiger partial charge on any atom is -0.755 e. The Labute approximate surface area is 85.8 Å². The van der Waals surface area contributed by atoms with Crippen molar-refractivity contribution in [3.05, 3.63) is 0 Å². The van der Waals surface area contributed by atoms with Crippen LogP contribution in [0.4, 0.5) is 18.0 Å². The van der Waals surface area contributed by atoms with Gasteiger partial charge in [0.05, 0.1) is 18.4 Å². The molecule has 0 fully saturated rings. The summed E-state index contributed by atoms with van der Waals surface area (Å²) >= 11 is -3.72. The maximum absolute atomic E-state index is 11.6. The third-order valence-corrected chi connectivity index (χ3v) is 1.37. The van der Waals surface area contributed by atoms with E-state index < -0.39 is 28.0 Å². The molecule has 72 valence electrons. The zero-order valence-electron chi connectivity index (χ0n) is 6.62. The molecule has 0 saturated carbocycles. The largest absolute Gasteiger partial charge is 1.00 e. The molecule has 0 aliphatic carbocycles. The van der Waals surface area contributed by atoms with Crippen molar-refractivity contribution in [3.8, 4) is 0 Å². The smallest absolute Gasteiger partial charge is 0.755 e. The Morgan fingerprint density at radius 1 is 1.54 bits per heavy atom. The van der Waals surface area contributed by atoms with Crippen LogP contribution in [-0.4, -0.2) is 32.6 Å². The van der Waals surface area contributed by atoms with Crippen molar-refractivity contribution in [3.63, 3.8) is 0 Å². The molecule has 0 aromatic carbocycles. The van der Waals surface area contributed by atoms with Gasteiger partial charge in [0.1, 0.15) is 0 Å². The molecule has 0 spiro atoms. The number of nitrogens with zero attached hydrogens (tertiary/aromatic N) is 1. The van der Waals surface area contributed by atoms with Gasteiger partial charge in [-0.1, -0.05) is 0 Å². The van der Waals surface area contributed by atoms with Gasteiger partial charge in [-0.15, -0.1) is 17.5 Å². The van der Waals surface area contributed by atoms with Gasteiger partial charge in [-0.05, 0) is 0 Å². The number of hydrogen-bond donors (Lipinski definition) is 0. The predicted molar refractivity (Wildman–Crippen MR) is 29.2 cm³/mol. The number of alkyl halides is 3. The first kappa shape index (κ1) is 15.2. The number of hydrogen-bond acceptors (Lipinski definition) is 4. The van der Waals surface area contributed by atoms with Crippen molar-refractivity contribution >= 4 is 17.4 Å². The zero-order chi connectivity index (χ0) is 9.94. The summed E-state index contributed by atoms with van der Waals surface area (Å²) in [6.07, 6.45) is -7.30. The van der Waals surface area contributed by atoms with Gasteiger partial charge in [-0.2, -0.15) is 0 Å². The molecule has 0 aromatic rings. The Bertz CT molecular complexity index is 209. The standard InChI is InChI=1S/C3H4F3NO4S.Li/c1-11-2(8)7(12(9)10)3(4,5)6;/h1H3,(H,9,10);/q;+1/p-1. The van der Waals surface area contributed by atoms with E-state index in [1.807, 2.05) is 0 Å². The van der Waals surface area contributed by atoms with Gasteiger partial charge in [-0.3, -0.25) is 4.21 Å². The monoisotopic (exact) mass is 213 g/mol. The molecule has 0 saturated heterocycles. The van der Waals surface area contributed by atoms with Crippen molar-refractivity contribution in [1.29, 1.82) is 0 Å². The Hall–Kier alpha value is -0.233. The van der Waals surface area contributed by atoms with Crippen LogP contribution in [0.25, 0.3) is 0 Å². The fourth-order valence-electron chi connectivity index (χ4n) is 0.332. The molecule has 0 heterocycles. The Balaban J connectivity index is 0. The van der Waals surface area contributed by atoms with E-state index in [9.17, 15) is 26.7 Å². The number of carbonyl (C=O) groups excluding carboxylic acids is 1. The molecule has 5 nitrogen and oxygen atoms in total. The number of rotatable bonds is 1. The van der Waals surface area contributed by atoms with E-state index in [1.54, 1.807) is 0 Å². The van der Waals surface area contributed by atoms with Crippen molar-refractivity contribution in [2.45, 2.75) is 6.30 Å². The topological polar surface area (TPSA) is 69.7 Å². The molecule has 0 N–H and O–H groups in total. The molecule has 0 aliphatic heterocycles. The summed E-state index contributed by atoms with van der Waals surface area (Å²) in [4.78, 5) is 10.2. The average Bonchev–Trinajstić information content (AvgIpc) is 1.83. The van der Waals surface area contributed by atoms with Crippen LogP contribution >= 0.6 is 0 Å². The van der Waals surface area contributed by atoms with E-state index in [0.717, 1.165) is 0 Å². The summed E-state index contributed by atoms with van der Waals surface area (Å²) < 4.78 is 56.8. The van der Waals surface area contributed by atoms with Crippen molar-refractivity contribution < 1.29 is 50.3 Å². The van der Waals surface area contributed by atoms with E-state index in [4.69, 9.17) is 0 Å². The molecular weight excluding hydrogens is 210 g/mol. The molecule has 10 heteroatoms. The summed E-state index contributed by atoms with van der Waals surface area (Å²) in [5.41, 5.74) is 0. The molecule has 0 aliphatic rings. The van der Waals surface area contributed by atoms with Gasteiger partial charge < -0.3 is 9.29 Å². The first-order valence-electron chi connectivity index (χ1n) is 2.35. The third kappa shape index (κ3) is 4.52. The van der Waals surface area contributed by atoms with Gasteiger partial charge in [0.15, 0.2) is 0 Å². The van der Waals surface area contributed by atoms with Crippen molar-refractivity contribution in [2.24, 2.45) is 0 Å². The van der Waals surface area contributed by atoms with Crippen LogP contribution < -0.4 is 18.9 Å². The van der Waals surface area contributed by atoms with Crippen molar-refractivity contribution in [2.75, 3.05) is 7.11 Å². The fourth-order valence-corrected chi connectivity index (χ4v) is 0.697. The van der Waals surface area contributed by atoms with Gasteiger partial charge in [0, 0.05) is 0 Å². The van der Waals surface area contributed by atoms with Gasteiger partial charge in [-0.25, -0.2) is 4.79 Å². The number of ether oxygens (including phenoxy) is 1. The number of methoxy groups -OCH3 is 1. The molecule has 13 heavy (non-hydrogen) atoms. The van der Waals surface area contributed by atoms with Gasteiger partial charge in [0.25, 0.3) is 0 Å². The summed E-state index contributed by atoms with van der Waals surface area (Å²) in [7, 11) is 0.633. The normalized spacial score (nSPS) is 12.7. The van der Waals surface area contributed by atoms with Crippen LogP contribution in [0.15, 0.2) is 0 Å². The molecule has 1 unspecified atom stereocenters. The van der Waals surface area contributed by atoms with E-state index in [-0.39, 0.29) is 18.9 Å². The van der Waals surface area contributed by atoms with E-state index in [1.165, 1.54) is 0 Å². The Morgan fingerprint density at radius 3 is 2.00 bits per heavy atom. The van der Waals surface area contributed by atoms with Gasteiger partial charge >= 0.3 is 31.3 Å². The molecule has 0 bridgehead atoms. The summed E-state index contributed by atoms with van der Waals surface area (Å²) in [6.45, 7) is 0. The fraction of sp³-hybridized carbons (Fsp3) is 0.667. The van der Waals surface area contributed by atoms with Crippen LogP contribution in [0, 0.1) is 0 Å². The molecule has 0 rings (SSSR count). The van der Waals surface area contributed by atoms with Crippen LogP contribution in [0.1, 0.15) is 0 Å². The average molecular weight is 213 g/mol. The maximum Gasteiger partial charge on any atom is 1.00 e. The zero-order valence-corrected chi connectivity index (χ0v) is 7.44. The predicted octanol–water partition coefficient (Wildman–Crippen LogP) is -2.63. The summed E-state index contributed by atoms with van der Waals surface area (Å²) in [6, 6.07) is 0. The molecule has 1 amide bonds. The summed E-state index contributed by atoms with van der Waals surface area (Å²) in [5.74, 6) is 0. The Morgan fingerprint density at radius 2 is 1.92 bits per heavy atom. The maximum atomic E-state index is 11.6. The first-order chi connectivity index (χ1) is 5.30. The van der Waals surface area contributed by atoms with Gasteiger partial charge in [0.2, 0.25) is 0 Å². The minimum absolute atomic E-state index is 0. The second-order valence-corrected chi connectivity index (χ2v) is 2.25. The van der Waals surface area contributed by atoms with Crippen LogP contribution in [0.2, 0.25) is 0 Å². The SMILES string of the molecule is COC(=O)N(S(=O)[O-])C(F)(F)F.[Li+]. The molecule has 0 aromatic heterocycles. The minimum atomic E-state index is -5.29. The van der Waals surface area contributed by atoms with E-state index in [0.29, 0.717) is 7.11 Å². The molecule has 0 radical (unpaired) electrons. The second-order valence-electron chi connectivity index (χ2n) is 1.45. The second kappa shape index (κ2) is 5.49. The number of halogens is 3. The first-order valence-corrected chi connectivity index (χ1v) is 3.38. The van der Waals surface area contributed by atoms with Crippen LogP contribution in [0.5, 0.6) is 0 Å². The number of carbonyl (C=O) groups is 1. The van der Waals surface area contributed by atoms with E-state index >= 15 is 0 Å². The summed E-state index contributed by atoms with van der Waals surface area (Å²) in [5, 5.41) is 0. The number of amides is 1. The molecule has 1 atom stereocenters. The molecular formula is C3H3F3LiNO4S. The third-order valence-electron chi connectivity index (χ3n) is 0.720. The van der Waals surface area contributed by atoms with Crippen LogP contribution in [0.3, 0.4) is 0 Å². The Kier molecular flexibility index (Phi) is 6.44. The van der Waals surface area contributed by atoms with Crippen molar-refractivity contribution in [1.82, 2.24) is 4.31 Å². The quantitative estimate of drug-likeness (QED) is 0.271. The van der Waals surface area contributed by atoms with Crippen LogP contribution in [-0.2, 0) is 16.0 Å². The van der Waals surface area contributed by atoms with E-state index in [2.05, 4.69) is 4.74 Å².